The zero-order valence-electron chi connectivity index (χ0n) is 14.3. The molecule has 0 spiro atoms. The molecular weight excluding hydrogens is 348 g/mol. The third-order valence-electron chi connectivity index (χ3n) is 4.34. The molecule has 25 heavy (non-hydrogen) atoms. The highest BCUT2D eigenvalue weighted by Crippen LogP contribution is 2.49. The van der Waals surface area contributed by atoms with Crippen LogP contribution in [0.3, 0.4) is 0 Å². The molecule has 1 unspecified atom stereocenters. The SMILES string of the molecule is CC(C)(CCCCc1ccc(O)c(N2CC(O)NS2(O)O)c1)C(=O)O. The number of aromatic hydroxyl groups is 1. The van der Waals surface area contributed by atoms with Crippen molar-refractivity contribution >= 4 is 22.6 Å². The van der Waals surface area contributed by atoms with Crippen molar-refractivity contribution in [3.8, 4) is 5.75 Å². The van der Waals surface area contributed by atoms with Gasteiger partial charge in [0.25, 0.3) is 0 Å². The second-order valence-corrected chi connectivity index (χ2v) is 8.65. The Labute approximate surface area is 148 Å². The summed E-state index contributed by atoms with van der Waals surface area (Å²) in [6.45, 7) is 3.35. The molecule has 1 aliphatic heterocycles. The van der Waals surface area contributed by atoms with Crippen LogP contribution in [0.25, 0.3) is 0 Å². The van der Waals surface area contributed by atoms with Gasteiger partial charge in [0.15, 0.2) is 0 Å². The molecule has 9 heteroatoms. The minimum atomic E-state index is -3.37. The van der Waals surface area contributed by atoms with Crippen LogP contribution in [0, 0.1) is 5.41 Å². The molecule has 0 saturated carbocycles. The maximum absolute atomic E-state index is 11.1. The van der Waals surface area contributed by atoms with Crippen LogP contribution in [-0.4, -0.2) is 43.2 Å². The molecule has 0 radical (unpaired) electrons. The molecule has 0 aromatic heterocycles. The lowest BCUT2D eigenvalue weighted by Crippen LogP contribution is -2.25. The molecule has 0 amide bonds. The first-order valence-electron chi connectivity index (χ1n) is 8.09. The molecule has 1 aromatic carbocycles. The van der Waals surface area contributed by atoms with Crippen molar-refractivity contribution in [1.82, 2.24) is 4.72 Å². The number of hydrogen-bond donors (Lipinski definition) is 6. The van der Waals surface area contributed by atoms with Gasteiger partial charge in [0.1, 0.15) is 17.7 Å². The van der Waals surface area contributed by atoms with Crippen LogP contribution in [0.15, 0.2) is 18.2 Å². The summed E-state index contributed by atoms with van der Waals surface area (Å²) >= 11 is 0. The van der Waals surface area contributed by atoms with Gasteiger partial charge in [-0.05, 0) is 50.8 Å². The number of hydrogen-bond acceptors (Lipinski definition) is 7. The van der Waals surface area contributed by atoms with Crippen LogP contribution in [0.5, 0.6) is 5.75 Å². The van der Waals surface area contributed by atoms with Gasteiger partial charge in [-0.2, -0.15) is 4.72 Å². The van der Waals surface area contributed by atoms with E-state index < -0.39 is 28.6 Å². The van der Waals surface area contributed by atoms with E-state index in [1.165, 1.54) is 6.07 Å². The Hall–Kier alpha value is -1.52. The Morgan fingerprint density at radius 2 is 2.04 bits per heavy atom. The number of rotatable bonds is 7. The highest BCUT2D eigenvalue weighted by molar-refractivity contribution is 8.24. The monoisotopic (exact) mass is 374 g/mol. The molecule has 1 aromatic rings. The average Bonchev–Trinajstić information content (AvgIpc) is 2.77. The van der Waals surface area contributed by atoms with Crippen molar-refractivity contribution < 1.29 is 29.2 Å². The highest BCUT2D eigenvalue weighted by atomic mass is 32.3. The van der Waals surface area contributed by atoms with E-state index in [2.05, 4.69) is 4.72 Å². The number of aliphatic carboxylic acids is 1. The number of anilines is 1. The number of β-amino-alcohol motifs (C(OH)–C–C–N with tert-alkyl or cyclic N) is 1. The van der Waals surface area contributed by atoms with Gasteiger partial charge in [-0.3, -0.25) is 18.2 Å². The van der Waals surface area contributed by atoms with Crippen molar-refractivity contribution in [1.29, 1.82) is 0 Å². The number of aliphatic hydroxyl groups excluding tert-OH is 1. The maximum Gasteiger partial charge on any atom is 0.309 e. The van der Waals surface area contributed by atoms with Gasteiger partial charge in [-0.15, -0.1) is 0 Å². The van der Waals surface area contributed by atoms with E-state index in [1.54, 1.807) is 26.0 Å². The zero-order chi connectivity index (χ0) is 18.8. The third-order valence-corrected chi connectivity index (χ3v) is 5.89. The highest BCUT2D eigenvalue weighted by Gasteiger charge is 2.36. The average molecular weight is 374 g/mol. The van der Waals surface area contributed by atoms with Crippen LogP contribution >= 0.6 is 11.0 Å². The Morgan fingerprint density at radius 3 is 2.60 bits per heavy atom. The second-order valence-electron chi connectivity index (χ2n) is 6.93. The third kappa shape index (κ3) is 4.77. The molecule has 1 saturated heterocycles. The number of nitrogens with zero attached hydrogens (tertiary/aromatic N) is 1. The van der Waals surface area contributed by atoms with Gasteiger partial charge in [0.05, 0.1) is 12.0 Å². The number of aliphatic hydroxyl groups is 1. The topological polar surface area (TPSA) is 133 Å². The van der Waals surface area contributed by atoms with E-state index >= 15 is 0 Å². The van der Waals surface area contributed by atoms with Crippen molar-refractivity contribution in [2.45, 2.75) is 45.8 Å². The smallest absolute Gasteiger partial charge is 0.309 e. The van der Waals surface area contributed by atoms with Gasteiger partial charge < -0.3 is 15.3 Å². The minimum absolute atomic E-state index is 0.0495. The largest absolute Gasteiger partial charge is 0.506 e. The molecule has 6 N–H and O–H groups in total. The molecule has 142 valence electrons. The predicted molar refractivity (Wildman–Crippen MR) is 96.4 cm³/mol. The summed E-state index contributed by atoms with van der Waals surface area (Å²) in [5.74, 6) is -0.920. The molecule has 1 atom stereocenters. The number of carboxylic acids is 1. The first-order valence-corrected chi connectivity index (χ1v) is 9.60. The van der Waals surface area contributed by atoms with Crippen LogP contribution in [-0.2, 0) is 11.2 Å². The number of carboxylic acid groups (broad SMARTS) is 1. The van der Waals surface area contributed by atoms with E-state index in [0.717, 1.165) is 22.7 Å². The summed E-state index contributed by atoms with van der Waals surface area (Å²) in [5.41, 5.74) is 0.374. The fraction of sp³-hybridized carbons (Fsp3) is 0.562. The number of aryl methyl sites for hydroxylation is 1. The van der Waals surface area contributed by atoms with Gasteiger partial charge >= 0.3 is 5.97 Å². The lowest BCUT2D eigenvalue weighted by Gasteiger charge is -2.37. The summed E-state index contributed by atoms with van der Waals surface area (Å²) in [6.07, 6.45) is 1.67. The molecule has 8 nitrogen and oxygen atoms in total. The quantitative estimate of drug-likeness (QED) is 0.401. The van der Waals surface area contributed by atoms with Crippen molar-refractivity contribution in [2.75, 3.05) is 10.8 Å². The second kappa shape index (κ2) is 7.38. The molecule has 0 aliphatic carbocycles. The number of phenols is 1. The van der Waals surface area contributed by atoms with E-state index in [0.29, 0.717) is 12.8 Å². The van der Waals surface area contributed by atoms with E-state index in [-0.39, 0.29) is 18.0 Å². The Kier molecular flexibility index (Phi) is 5.85. The number of phenolic OH excluding ortho intramolecular Hbond substituents is 1. The lowest BCUT2D eigenvalue weighted by atomic mass is 9.87. The molecule has 2 rings (SSSR count). The fourth-order valence-corrected chi connectivity index (χ4v) is 4.04. The Bertz CT molecular complexity index is 637. The fourth-order valence-electron chi connectivity index (χ4n) is 2.71. The van der Waals surface area contributed by atoms with Crippen LogP contribution in [0.2, 0.25) is 0 Å². The molecule has 1 heterocycles. The zero-order valence-corrected chi connectivity index (χ0v) is 15.2. The lowest BCUT2D eigenvalue weighted by molar-refractivity contribution is -0.147. The van der Waals surface area contributed by atoms with Crippen LogP contribution < -0.4 is 9.03 Å². The first-order chi connectivity index (χ1) is 11.5. The Morgan fingerprint density at radius 1 is 1.36 bits per heavy atom. The Balaban J connectivity index is 2.01. The van der Waals surface area contributed by atoms with Crippen molar-refractivity contribution in [3.05, 3.63) is 23.8 Å². The summed E-state index contributed by atoms with van der Waals surface area (Å²) in [4.78, 5) is 11.1. The maximum atomic E-state index is 11.1. The van der Waals surface area contributed by atoms with Crippen LogP contribution in [0.4, 0.5) is 5.69 Å². The van der Waals surface area contributed by atoms with Crippen molar-refractivity contribution in [3.63, 3.8) is 0 Å². The predicted octanol–water partition coefficient (Wildman–Crippen LogP) is 2.52. The van der Waals surface area contributed by atoms with E-state index in [1.807, 2.05) is 0 Å². The standard InChI is InChI=1S/C16H26N2O6S/c1-16(2,15(21)22)8-4-3-5-11-6-7-13(19)12(9-11)18-10-14(20)17-25(18,23)24/h6-7,9,14,17,19-20,23-24H,3-5,8,10H2,1-2H3,(H,21,22). The van der Waals surface area contributed by atoms with Gasteiger partial charge in [-0.25, -0.2) is 0 Å². The molecule has 1 aliphatic rings. The first kappa shape index (κ1) is 19.8. The van der Waals surface area contributed by atoms with Gasteiger partial charge in [0.2, 0.25) is 0 Å². The summed E-state index contributed by atoms with van der Waals surface area (Å²) < 4.78 is 23.4. The minimum Gasteiger partial charge on any atom is -0.506 e. The van der Waals surface area contributed by atoms with Gasteiger partial charge in [-0.1, -0.05) is 23.4 Å². The number of benzene rings is 1. The number of carbonyl (C=O) groups is 1. The van der Waals surface area contributed by atoms with Gasteiger partial charge in [0, 0.05) is 0 Å². The molecular formula is C16H26N2O6S. The van der Waals surface area contributed by atoms with E-state index in [4.69, 9.17) is 5.11 Å². The van der Waals surface area contributed by atoms with E-state index in [9.17, 15) is 24.1 Å². The van der Waals surface area contributed by atoms with Crippen molar-refractivity contribution in [2.24, 2.45) is 5.41 Å². The summed E-state index contributed by atoms with van der Waals surface area (Å²) in [5, 5.41) is 28.7. The normalized spacial score (nSPS) is 21.3. The number of unbranched alkanes of at least 4 members (excludes halogenated alkanes) is 1. The molecule has 0 bridgehead atoms. The molecule has 1 fully saturated rings. The van der Waals surface area contributed by atoms with Crippen LogP contribution in [0.1, 0.15) is 38.7 Å². The number of nitrogens with one attached hydrogen (secondary N) is 1. The summed E-state index contributed by atoms with van der Waals surface area (Å²) in [7, 11) is -3.37. The summed E-state index contributed by atoms with van der Waals surface area (Å²) in [6, 6.07) is 4.88.